The number of ketones is 2. The molecule has 1 saturated heterocycles. The monoisotopic (exact) mass is 714 g/mol. The van der Waals surface area contributed by atoms with Gasteiger partial charge in [0.25, 0.3) is 5.69 Å². The molecule has 6 unspecified atom stereocenters. The van der Waals surface area contributed by atoms with Gasteiger partial charge in [0, 0.05) is 29.5 Å². The fourth-order valence-corrected chi connectivity index (χ4v) is 9.36. The Morgan fingerprint density at radius 3 is 2.23 bits per heavy atom. The predicted octanol–water partition coefficient (Wildman–Crippen LogP) is 6.99. The Bertz CT molecular complexity index is 2250. The third-order valence-corrected chi connectivity index (χ3v) is 11.6. The Hall–Kier alpha value is -5.87. The lowest BCUT2D eigenvalue weighted by Crippen LogP contribution is -2.58. The average Bonchev–Trinajstić information content (AvgIpc) is 3.42. The van der Waals surface area contributed by atoms with Crippen molar-refractivity contribution in [2.24, 2.45) is 23.7 Å². The van der Waals surface area contributed by atoms with Gasteiger partial charge in [0.05, 0.1) is 40.0 Å². The molecule has 1 heterocycles. The molecule has 3 aliphatic carbocycles. The minimum atomic E-state index is -1.49. The van der Waals surface area contributed by atoms with E-state index in [0.29, 0.717) is 16.7 Å². The van der Waals surface area contributed by atoms with Crippen LogP contribution in [-0.4, -0.2) is 40.5 Å². The number of phenols is 1. The number of hydrogen-bond acceptors (Lipinski definition) is 8. The van der Waals surface area contributed by atoms with E-state index in [0.717, 1.165) is 10.5 Å². The number of non-ortho nitro benzene ring substituents is 1. The van der Waals surface area contributed by atoms with Crippen LogP contribution in [0.1, 0.15) is 35.4 Å². The number of amides is 2. The van der Waals surface area contributed by atoms with Crippen LogP contribution in [0.3, 0.4) is 0 Å². The summed E-state index contributed by atoms with van der Waals surface area (Å²) in [6.45, 7) is 0. The maximum absolute atomic E-state index is 15.2. The van der Waals surface area contributed by atoms with Gasteiger partial charge in [-0.15, -0.1) is 0 Å². The summed E-state index contributed by atoms with van der Waals surface area (Å²) in [5.41, 5.74) is 1.24. The van der Waals surface area contributed by atoms with Crippen molar-refractivity contribution in [2.45, 2.75) is 24.2 Å². The summed E-state index contributed by atoms with van der Waals surface area (Å²) in [5, 5.41) is 22.1. The molecular weight excluding hydrogens is 684 g/mol. The maximum atomic E-state index is 15.2. The first-order valence-corrected chi connectivity index (χ1v) is 17.3. The Balaban J connectivity index is 1.35. The number of carbonyl (C=O) groups excluding carboxylic acids is 4. The van der Waals surface area contributed by atoms with Crippen LogP contribution < -0.4 is 9.64 Å². The van der Waals surface area contributed by atoms with Gasteiger partial charge in [0.2, 0.25) is 11.8 Å². The van der Waals surface area contributed by atoms with Crippen molar-refractivity contribution >= 4 is 51.9 Å². The third kappa shape index (κ3) is 4.77. The molecule has 2 fully saturated rings. The molecule has 1 aliphatic heterocycles. The Morgan fingerprint density at radius 1 is 0.904 bits per heavy atom. The number of carbonyl (C=O) groups is 4. The highest BCUT2D eigenvalue weighted by atomic mass is 35.5. The first-order valence-electron chi connectivity index (χ1n) is 16.9. The number of imide groups is 1. The second-order valence-corrected chi connectivity index (χ2v) is 14.0. The quantitative estimate of drug-likeness (QED) is 0.0974. The highest BCUT2D eigenvalue weighted by Crippen LogP contribution is 2.64. The fourth-order valence-electron chi connectivity index (χ4n) is 9.14. The van der Waals surface area contributed by atoms with Gasteiger partial charge in [-0.05, 0) is 65.8 Å². The number of methoxy groups -OCH3 is 1. The van der Waals surface area contributed by atoms with E-state index in [2.05, 4.69) is 0 Å². The molecule has 1 saturated carbocycles. The van der Waals surface area contributed by atoms with E-state index in [4.69, 9.17) is 16.3 Å². The van der Waals surface area contributed by atoms with Crippen LogP contribution in [0.15, 0.2) is 115 Å². The zero-order chi connectivity index (χ0) is 36.5. The summed E-state index contributed by atoms with van der Waals surface area (Å²) in [5.74, 6) is -5.76. The van der Waals surface area contributed by atoms with Crippen LogP contribution >= 0.6 is 11.6 Å². The smallest absolute Gasteiger partial charge is 0.269 e. The Morgan fingerprint density at radius 2 is 1.58 bits per heavy atom. The van der Waals surface area contributed by atoms with Crippen LogP contribution in [0.4, 0.5) is 11.4 Å². The molecule has 0 spiro atoms. The van der Waals surface area contributed by atoms with Crippen LogP contribution in [0, 0.1) is 33.8 Å². The standard InChI is InChI=1S/C41H31ClN2O8/c1-52-33-19-23(18-32(42)38(33)47)36-27-16-17-28-35(40(49)43(39(28)48)25-12-14-26(15-13-25)44(50)51)30(27)20-31-37(46)29(22-8-4-2-5-9-22)21-34(45)41(31,36)24-10-6-3-7-11-24/h2-16,18-19,21,28,30-31,35-36,47H,17,20H2,1H3. The van der Waals surface area contributed by atoms with Gasteiger partial charge >= 0.3 is 0 Å². The number of hydrogen-bond donors (Lipinski definition) is 1. The molecule has 0 aromatic heterocycles. The number of phenolic OH excluding ortho intramolecular Hbond substituents is 1. The zero-order valence-corrected chi connectivity index (χ0v) is 28.5. The molecule has 0 bridgehead atoms. The SMILES string of the molecule is COc1cc(C2C3=CCC4C(=O)N(c5ccc([N+](=O)[O-])cc5)C(=O)C4C3CC3C(=O)C(c4ccccc4)=CC(=O)C32c2ccccc2)cc(Cl)c1O. The Kier molecular flexibility index (Phi) is 7.95. The average molecular weight is 715 g/mol. The lowest BCUT2D eigenvalue weighted by molar-refractivity contribution is -0.384. The molecule has 6 atom stereocenters. The second-order valence-electron chi connectivity index (χ2n) is 13.6. The number of rotatable bonds is 6. The summed E-state index contributed by atoms with van der Waals surface area (Å²) >= 11 is 6.62. The first-order chi connectivity index (χ1) is 25.1. The number of aromatic hydroxyl groups is 1. The summed E-state index contributed by atoms with van der Waals surface area (Å²) in [6, 6.07) is 26.5. The molecule has 52 heavy (non-hydrogen) atoms. The lowest BCUT2D eigenvalue weighted by Gasteiger charge is -2.55. The normalized spacial score (nSPS) is 26.6. The van der Waals surface area contributed by atoms with Gasteiger partial charge in [-0.1, -0.05) is 83.9 Å². The number of benzene rings is 4. The van der Waals surface area contributed by atoms with Crippen molar-refractivity contribution < 1.29 is 33.9 Å². The van der Waals surface area contributed by atoms with Gasteiger partial charge in [0.15, 0.2) is 23.1 Å². The fraction of sp³-hybridized carbons (Fsp3) is 0.220. The highest BCUT2D eigenvalue weighted by molar-refractivity contribution is 6.33. The predicted molar refractivity (Wildman–Crippen MR) is 192 cm³/mol. The van der Waals surface area contributed by atoms with Crippen molar-refractivity contribution in [3.8, 4) is 11.5 Å². The second kappa shape index (κ2) is 12.4. The van der Waals surface area contributed by atoms with Gasteiger partial charge in [-0.3, -0.25) is 34.2 Å². The summed E-state index contributed by atoms with van der Waals surface area (Å²) in [6.07, 6.45) is 3.64. The van der Waals surface area contributed by atoms with E-state index in [-0.39, 0.29) is 57.9 Å². The van der Waals surface area contributed by atoms with Crippen molar-refractivity contribution in [1.82, 2.24) is 0 Å². The largest absolute Gasteiger partial charge is 0.503 e. The molecule has 4 aromatic rings. The summed E-state index contributed by atoms with van der Waals surface area (Å²) < 4.78 is 5.51. The Labute approximate surface area is 303 Å². The van der Waals surface area contributed by atoms with Gasteiger partial charge in [0.1, 0.15) is 0 Å². The number of halogens is 1. The number of Topliss-reactive ketones (excluding diaryl/α,β-unsaturated/α-hetero) is 1. The molecular formula is C41H31ClN2O8. The zero-order valence-electron chi connectivity index (χ0n) is 27.8. The van der Waals surface area contributed by atoms with Crippen LogP contribution in [0.5, 0.6) is 11.5 Å². The van der Waals surface area contributed by atoms with E-state index >= 15 is 9.59 Å². The highest BCUT2D eigenvalue weighted by Gasteiger charge is 2.66. The molecule has 10 nitrogen and oxygen atoms in total. The molecule has 1 N–H and O–H groups in total. The van der Waals surface area contributed by atoms with E-state index in [1.165, 1.54) is 37.5 Å². The number of nitrogens with zero attached hydrogens (tertiary/aromatic N) is 2. The number of anilines is 1. The summed E-state index contributed by atoms with van der Waals surface area (Å²) in [4.78, 5) is 70.6. The molecule has 260 valence electrons. The topological polar surface area (TPSA) is 144 Å². The van der Waals surface area contributed by atoms with E-state index in [1.807, 2.05) is 42.5 Å². The number of nitro benzene ring substituents is 1. The molecule has 8 rings (SSSR count). The number of ether oxygens (including phenoxy) is 1. The van der Waals surface area contributed by atoms with E-state index in [1.54, 1.807) is 36.4 Å². The van der Waals surface area contributed by atoms with Crippen molar-refractivity contribution in [2.75, 3.05) is 12.0 Å². The lowest BCUT2D eigenvalue weighted by atomic mass is 9.44. The minimum absolute atomic E-state index is 0.0166. The molecule has 2 amide bonds. The number of fused-ring (bicyclic) bond motifs is 4. The van der Waals surface area contributed by atoms with Crippen molar-refractivity contribution in [3.05, 3.63) is 147 Å². The minimum Gasteiger partial charge on any atom is -0.503 e. The van der Waals surface area contributed by atoms with Crippen molar-refractivity contribution in [3.63, 3.8) is 0 Å². The third-order valence-electron chi connectivity index (χ3n) is 11.3. The van der Waals surface area contributed by atoms with Gasteiger partial charge in [-0.25, -0.2) is 0 Å². The number of allylic oxidation sites excluding steroid dienone is 4. The van der Waals surface area contributed by atoms with Gasteiger partial charge in [-0.2, -0.15) is 0 Å². The maximum Gasteiger partial charge on any atom is 0.269 e. The van der Waals surface area contributed by atoms with E-state index < -0.39 is 51.7 Å². The molecule has 4 aromatic carbocycles. The van der Waals surface area contributed by atoms with Crippen molar-refractivity contribution in [1.29, 1.82) is 0 Å². The van der Waals surface area contributed by atoms with Crippen LogP contribution in [0.25, 0.3) is 5.57 Å². The summed E-state index contributed by atoms with van der Waals surface area (Å²) in [7, 11) is 1.39. The molecule has 4 aliphatic rings. The van der Waals surface area contributed by atoms with Crippen LogP contribution in [0.2, 0.25) is 5.02 Å². The molecule has 11 heteroatoms. The van der Waals surface area contributed by atoms with Gasteiger partial charge < -0.3 is 9.84 Å². The van der Waals surface area contributed by atoms with E-state index in [9.17, 15) is 24.8 Å². The van der Waals surface area contributed by atoms with Crippen LogP contribution in [-0.2, 0) is 24.6 Å². The number of nitro groups is 1. The molecule has 0 radical (unpaired) electrons. The first kappa shape index (κ1) is 33.3.